The van der Waals surface area contributed by atoms with Crippen molar-refractivity contribution in [3.8, 4) is 0 Å². The van der Waals surface area contributed by atoms with Crippen LogP contribution in [-0.4, -0.2) is 56.5 Å². The molecule has 1 aromatic rings. The fourth-order valence-corrected chi connectivity index (χ4v) is 3.62. The second-order valence-corrected chi connectivity index (χ2v) is 5.63. The maximum atomic E-state index is 12.0. The number of nitrogens with zero attached hydrogens (tertiary/aromatic N) is 2. The molecule has 8 heteroatoms. The maximum absolute atomic E-state index is 12.0. The average molecular weight is 278 g/mol. The van der Waals surface area contributed by atoms with Gasteiger partial charge in [-0.25, -0.2) is 4.79 Å². The van der Waals surface area contributed by atoms with Crippen molar-refractivity contribution in [2.24, 2.45) is 0 Å². The van der Waals surface area contributed by atoms with Gasteiger partial charge in [0, 0.05) is 19.7 Å². The minimum absolute atomic E-state index is 0.0769. The van der Waals surface area contributed by atoms with Gasteiger partial charge in [0.05, 0.1) is 0 Å². The highest BCUT2D eigenvalue weighted by Gasteiger charge is 2.69. The van der Waals surface area contributed by atoms with E-state index >= 15 is 0 Å². The number of aromatic nitrogens is 1. The Kier molecular flexibility index (Phi) is 1.85. The lowest BCUT2D eigenvalue weighted by Gasteiger charge is -2.38. The molecule has 4 rings (SSSR count). The number of hydrogen-bond acceptors (Lipinski definition) is 4. The summed E-state index contributed by atoms with van der Waals surface area (Å²) >= 11 is 0. The number of fused-ring (bicyclic) bond motifs is 5. The lowest BCUT2D eigenvalue weighted by Crippen LogP contribution is -2.62. The minimum atomic E-state index is -1.53. The number of aliphatic hydroxyl groups is 2. The number of rotatable bonds is 0. The van der Waals surface area contributed by atoms with Crippen molar-refractivity contribution in [1.29, 1.82) is 0 Å². The van der Waals surface area contributed by atoms with E-state index in [4.69, 9.17) is 0 Å². The standard InChI is InChI=1S/C12H14N4O4/c1-15-10(18)14-7-8-12(20,5-11(7,15)19)16-4-2-3-6(16)9(17)13-8/h2-4,7-8,19-20H,5H2,1H3,(H,13,17)(H,14,18)/t7-,8-,11-,12-/m0/s1. The molecule has 3 aliphatic rings. The van der Waals surface area contributed by atoms with Gasteiger partial charge in [0.2, 0.25) is 0 Å². The first-order valence-corrected chi connectivity index (χ1v) is 6.36. The molecule has 2 aliphatic heterocycles. The van der Waals surface area contributed by atoms with E-state index in [1.54, 1.807) is 18.3 Å². The van der Waals surface area contributed by atoms with Gasteiger partial charge in [-0.05, 0) is 12.1 Å². The largest absolute Gasteiger partial charge is 0.368 e. The van der Waals surface area contributed by atoms with Gasteiger partial charge in [-0.1, -0.05) is 0 Å². The average Bonchev–Trinajstić information content (AvgIpc) is 3.01. The summed E-state index contributed by atoms with van der Waals surface area (Å²) in [5.74, 6) is -0.335. The fraction of sp³-hybridized carbons (Fsp3) is 0.500. The molecule has 1 saturated heterocycles. The predicted molar refractivity (Wildman–Crippen MR) is 65.5 cm³/mol. The summed E-state index contributed by atoms with van der Waals surface area (Å²) in [5.41, 5.74) is -2.66. The zero-order valence-electron chi connectivity index (χ0n) is 10.7. The normalized spacial score (nSPS) is 41.9. The number of hydrogen-bond donors (Lipinski definition) is 4. The first kappa shape index (κ1) is 11.7. The molecular weight excluding hydrogens is 264 g/mol. The van der Waals surface area contributed by atoms with Crippen LogP contribution in [0.4, 0.5) is 4.79 Å². The van der Waals surface area contributed by atoms with Gasteiger partial charge in [0.15, 0.2) is 11.4 Å². The summed E-state index contributed by atoms with van der Waals surface area (Å²) in [6.45, 7) is 0. The van der Waals surface area contributed by atoms with Gasteiger partial charge in [0.1, 0.15) is 17.8 Å². The van der Waals surface area contributed by atoms with Gasteiger partial charge >= 0.3 is 6.03 Å². The van der Waals surface area contributed by atoms with E-state index in [9.17, 15) is 19.8 Å². The summed E-state index contributed by atoms with van der Waals surface area (Å²) in [6, 6.07) is 1.30. The summed E-state index contributed by atoms with van der Waals surface area (Å²) in [4.78, 5) is 24.9. The van der Waals surface area contributed by atoms with Crippen molar-refractivity contribution in [1.82, 2.24) is 20.1 Å². The molecule has 0 aromatic carbocycles. The molecule has 3 heterocycles. The Balaban J connectivity index is 1.88. The molecule has 20 heavy (non-hydrogen) atoms. The van der Waals surface area contributed by atoms with Crippen LogP contribution in [0.3, 0.4) is 0 Å². The molecule has 0 bridgehead atoms. The molecule has 3 amide bonds. The summed E-state index contributed by atoms with van der Waals surface area (Å²) < 4.78 is 1.47. The Morgan fingerprint density at radius 2 is 1.95 bits per heavy atom. The van der Waals surface area contributed by atoms with Gasteiger partial charge in [-0.2, -0.15) is 0 Å². The van der Waals surface area contributed by atoms with Crippen LogP contribution < -0.4 is 10.6 Å². The lowest BCUT2D eigenvalue weighted by molar-refractivity contribution is -0.107. The third-order valence-electron chi connectivity index (χ3n) is 4.70. The Bertz CT molecular complexity index is 643. The minimum Gasteiger partial charge on any atom is -0.368 e. The number of carbonyl (C=O) groups excluding carboxylic acids is 2. The Labute approximate surface area is 114 Å². The van der Waals surface area contributed by atoms with Crippen molar-refractivity contribution in [2.45, 2.75) is 30.0 Å². The molecule has 0 radical (unpaired) electrons. The smallest absolute Gasteiger partial charge is 0.319 e. The molecule has 0 unspecified atom stereocenters. The van der Waals surface area contributed by atoms with Crippen LogP contribution in [0.15, 0.2) is 18.3 Å². The van der Waals surface area contributed by atoms with Crippen molar-refractivity contribution < 1.29 is 19.8 Å². The Hall–Kier alpha value is -2.06. The number of urea groups is 1. The first-order valence-electron chi connectivity index (χ1n) is 6.36. The van der Waals surface area contributed by atoms with Crippen molar-refractivity contribution in [3.05, 3.63) is 24.0 Å². The lowest BCUT2D eigenvalue weighted by atomic mass is 10.0. The van der Waals surface area contributed by atoms with Crippen LogP contribution in [0.2, 0.25) is 0 Å². The molecule has 0 spiro atoms. The van der Waals surface area contributed by atoms with Crippen LogP contribution in [0.1, 0.15) is 16.9 Å². The Morgan fingerprint density at radius 1 is 1.25 bits per heavy atom. The highest BCUT2D eigenvalue weighted by atomic mass is 16.3. The van der Waals surface area contributed by atoms with E-state index in [1.807, 2.05) is 0 Å². The quantitative estimate of drug-likeness (QED) is 0.456. The number of likely N-dealkylation sites (N-methyl/N-ethyl adjacent to an activating group) is 1. The zero-order valence-corrected chi connectivity index (χ0v) is 10.7. The SMILES string of the molecule is CN1C(=O)N[C@H]2[C@@H]3NC(=O)c4cccn4[C@]3(O)C[C@]21O. The number of carbonyl (C=O) groups is 2. The van der Waals surface area contributed by atoms with E-state index in [0.717, 1.165) is 0 Å². The van der Waals surface area contributed by atoms with Gasteiger partial charge in [-0.3, -0.25) is 9.69 Å². The molecule has 4 atom stereocenters. The molecular formula is C12H14N4O4. The van der Waals surface area contributed by atoms with E-state index < -0.39 is 29.6 Å². The molecule has 8 nitrogen and oxygen atoms in total. The summed E-state index contributed by atoms with van der Waals surface area (Å²) in [7, 11) is 1.47. The predicted octanol–water partition coefficient (Wildman–Crippen LogP) is -1.64. The highest BCUT2D eigenvalue weighted by Crippen LogP contribution is 2.47. The third-order valence-corrected chi connectivity index (χ3v) is 4.70. The summed E-state index contributed by atoms with van der Waals surface area (Å²) in [6.07, 6.45) is 1.53. The topological polar surface area (TPSA) is 107 Å². The summed E-state index contributed by atoms with van der Waals surface area (Å²) in [5, 5.41) is 27.0. The Morgan fingerprint density at radius 3 is 2.70 bits per heavy atom. The van der Waals surface area contributed by atoms with Crippen LogP contribution in [-0.2, 0) is 5.72 Å². The second-order valence-electron chi connectivity index (χ2n) is 5.63. The number of amides is 3. The van der Waals surface area contributed by atoms with Crippen LogP contribution in [0.25, 0.3) is 0 Å². The van der Waals surface area contributed by atoms with Crippen molar-refractivity contribution in [3.63, 3.8) is 0 Å². The molecule has 4 N–H and O–H groups in total. The van der Waals surface area contributed by atoms with Crippen molar-refractivity contribution >= 4 is 11.9 Å². The van der Waals surface area contributed by atoms with Gasteiger partial charge < -0.3 is 25.4 Å². The fourth-order valence-electron chi connectivity index (χ4n) is 3.62. The second kappa shape index (κ2) is 3.15. The molecule has 1 saturated carbocycles. The van der Waals surface area contributed by atoms with Crippen LogP contribution in [0, 0.1) is 0 Å². The van der Waals surface area contributed by atoms with Gasteiger partial charge in [-0.15, -0.1) is 0 Å². The molecule has 1 aromatic heterocycles. The zero-order chi connectivity index (χ0) is 14.3. The third kappa shape index (κ3) is 1.06. The van der Waals surface area contributed by atoms with E-state index in [-0.39, 0.29) is 12.3 Å². The van der Waals surface area contributed by atoms with Gasteiger partial charge in [0.25, 0.3) is 5.91 Å². The monoisotopic (exact) mass is 278 g/mol. The molecule has 2 fully saturated rings. The first-order chi connectivity index (χ1) is 9.38. The highest BCUT2D eigenvalue weighted by molar-refractivity contribution is 5.94. The van der Waals surface area contributed by atoms with Crippen LogP contribution in [0.5, 0.6) is 0 Å². The van der Waals surface area contributed by atoms with E-state index in [0.29, 0.717) is 5.69 Å². The molecule has 1 aliphatic carbocycles. The van der Waals surface area contributed by atoms with Crippen LogP contribution >= 0.6 is 0 Å². The maximum Gasteiger partial charge on any atom is 0.319 e. The number of nitrogens with one attached hydrogen (secondary N) is 2. The van der Waals surface area contributed by atoms with E-state index in [2.05, 4.69) is 10.6 Å². The molecule has 106 valence electrons. The van der Waals surface area contributed by atoms with Crippen molar-refractivity contribution in [2.75, 3.05) is 7.05 Å². The van der Waals surface area contributed by atoms with E-state index in [1.165, 1.54) is 16.5 Å².